The van der Waals surface area contributed by atoms with Crippen LogP contribution in [0.15, 0.2) is 53.6 Å². The number of hydrogen-bond donors (Lipinski definition) is 0. The third kappa shape index (κ3) is 3.65. The van der Waals surface area contributed by atoms with E-state index in [-0.39, 0.29) is 24.7 Å². The molecule has 25 heavy (non-hydrogen) atoms. The van der Waals surface area contributed by atoms with Crippen molar-refractivity contribution in [2.75, 3.05) is 25.1 Å². The molecule has 0 radical (unpaired) electrons. The molecule has 7 heteroatoms. The second-order valence-electron chi connectivity index (χ2n) is 5.40. The van der Waals surface area contributed by atoms with Crippen LogP contribution >= 0.6 is 0 Å². The minimum atomic E-state index is -0.544. The first-order valence-electron chi connectivity index (χ1n) is 7.62. The van der Waals surface area contributed by atoms with Crippen LogP contribution in [0.1, 0.15) is 5.56 Å². The number of halogens is 1. The van der Waals surface area contributed by atoms with Gasteiger partial charge in [-0.1, -0.05) is 24.3 Å². The van der Waals surface area contributed by atoms with Gasteiger partial charge in [-0.3, -0.25) is 14.5 Å². The van der Waals surface area contributed by atoms with E-state index in [1.54, 1.807) is 37.4 Å². The zero-order valence-electron chi connectivity index (χ0n) is 13.6. The van der Waals surface area contributed by atoms with E-state index < -0.39 is 11.7 Å². The zero-order valence-corrected chi connectivity index (χ0v) is 13.6. The van der Waals surface area contributed by atoms with Crippen LogP contribution < -0.4 is 9.64 Å². The number of rotatable bonds is 4. The normalized spacial score (nSPS) is 15.1. The maximum absolute atomic E-state index is 13.9. The molecule has 2 amide bonds. The van der Waals surface area contributed by atoms with E-state index in [0.29, 0.717) is 5.75 Å². The number of hydrogen-bond acceptors (Lipinski definition) is 4. The van der Waals surface area contributed by atoms with Crippen LogP contribution in [0.2, 0.25) is 0 Å². The average Bonchev–Trinajstić information content (AvgIpc) is 2.63. The Kier molecular flexibility index (Phi) is 4.74. The number of carbonyl (C=O) groups is 2. The maximum atomic E-state index is 13.9. The van der Waals surface area contributed by atoms with Gasteiger partial charge in [0.15, 0.2) is 0 Å². The fourth-order valence-electron chi connectivity index (χ4n) is 2.46. The molecule has 1 heterocycles. The van der Waals surface area contributed by atoms with Gasteiger partial charge >= 0.3 is 0 Å². The molecule has 0 aliphatic carbocycles. The van der Waals surface area contributed by atoms with E-state index in [1.165, 1.54) is 24.4 Å². The molecule has 2 aromatic rings. The van der Waals surface area contributed by atoms with Crippen LogP contribution in [0, 0.1) is 5.82 Å². The first-order valence-corrected chi connectivity index (χ1v) is 7.62. The van der Waals surface area contributed by atoms with Crippen molar-refractivity contribution in [1.29, 1.82) is 0 Å². The summed E-state index contributed by atoms with van der Waals surface area (Å²) in [5.41, 5.74) is 0.827. The summed E-state index contributed by atoms with van der Waals surface area (Å²) in [4.78, 5) is 25.7. The first kappa shape index (κ1) is 16.6. The van der Waals surface area contributed by atoms with Gasteiger partial charge in [-0.05, 0) is 29.8 Å². The summed E-state index contributed by atoms with van der Waals surface area (Å²) in [6, 6.07) is 13.0. The first-order chi connectivity index (χ1) is 12.1. The fraction of sp³-hybridized carbons (Fsp3) is 0.167. The maximum Gasteiger partial charge on any atom is 0.263 e. The lowest BCUT2D eigenvalue weighted by Gasteiger charge is -2.31. The Bertz CT molecular complexity index is 838. The third-order valence-electron chi connectivity index (χ3n) is 3.75. The summed E-state index contributed by atoms with van der Waals surface area (Å²) in [6.07, 6.45) is 1.48. The lowest BCUT2D eigenvalue weighted by Crippen LogP contribution is -2.52. The van der Waals surface area contributed by atoms with E-state index in [0.717, 1.165) is 15.5 Å². The predicted molar refractivity (Wildman–Crippen MR) is 91.1 cm³/mol. The molecule has 0 aromatic heterocycles. The molecule has 1 aliphatic heterocycles. The van der Waals surface area contributed by atoms with Crippen LogP contribution in [0.4, 0.5) is 10.1 Å². The number of hydrazone groups is 1. The van der Waals surface area contributed by atoms with Gasteiger partial charge in [0.25, 0.3) is 5.91 Å². The van der Waals surface area contributed by atoms with Crippen molar-refractivity contribution in [2.45, 2.75) is 0 Å². The van der Waals surface area contributed by atoms with E-state index in [2.05, 4.69) is 5.10 Å². The Labute approximate surface area is 144 Å². The van der Waals surface area contributed by atoms with Crippen molar-refractivity contribution in [3.05, 3.63) is 59.9 Å². The monoisotopic (exact) mass is 341 g/mol. The number of methoxy groups -OCH3 is 1. The van der Waals surface area contributed by atoms with E-state index in [4.69, 9.17) is 4.74 Å². The number of anilines is 1. The Morgan fingerprint density at radius 1 is 1.08 bits per heavy atom. The SMILES string of the molecule is COc1cccc(/C=N\N2CC(=O)N(c3ccccc3F)CC2=O)c1. The molecule has 3 rings (SSSR count). The summed E-state index contributed by atoms with van der Waals surface area (Å²) in [5.74, 6) is -0.665. The lowest BCUT2D eigenvalue weighted by molar-refractivity contribution is -0.138. The van der Waals surface area contributed by atoms with Gasteiger partial charge in [0.1, 0.15) is 24.7 Å². The van der Waals surface area contributed by atoms with Crippen molar-refractivity contribution in [1.82, 2.24) is 5.01 Å². The summed E-state index contributed by atoms with van der Waals surface area (Å²) in [7, 11) is 1.56. The Hall–Kier alpha value is -3.22. The van der Waals surface area contributed by atoms with Crippen molar-refractivity contribution in [3.63, 3.8) is 0 Å². The molecule has 6 nitrogen and oxygen atoms in total. The summed E-state index contributed by atoms with van der Waals surface area (Å²) in [5, 5.41) is 5.16. The molecule has 0 saturated carbocycles. The van der Waals surface area contributed by atoms with Gasteiger partial charge in [0, 0.05) is 0 Å². The second kappa shape index (κ2) is 7.12. The van der Waals surface area contributed by atoms with Crippen LogP contribution in [0.3, 0.4) is 0 Å². The van der Waals surface area contributed by atoms with Gasteiger partial charge in [-0.2, -0.15) is 5.10 Å². The van der Waals surface area contributed by atoms with E-state index >= 15 is 0 Å². The number of carbonyl (C=O) groups excluding carboxylic acids is 2. The molecule has 1 aliphatic rings. The van der Waals surface area contributed by atoms with Crippen molar-refractivity contribution < 1.29 is 18.7 Å². The van der Waals surface area contributed by atoms with Gasteiger partial charge in [-0.25, -0.2) is 9.40 Å². The number of nitrogens with zero attached hydrogens (tertiary/aromatic N) is 3. The van der Waals surface area contributed by atoms with Crippen LogP contribution in [-0.2, 0) is 9.59 Å². The standard InChI is InChI=1S/C18H16FN3O3/c1-25-14-6-4-5-13(9-14)10-20-22-12-17(23)21(11-18(22)24)16-8-3-2-7-15(16)19/h2-10H,11-12H2,1H3/b20-10-. The summed E-state index contributed by atoms with van der Waals surface area (Å²) in [6.45, 7) is -0.497. The van der Waals surface area contributed by atoms with Crippen molar-refractivity contribution in [3.8, 4) is 5.75 Å². The number of para-hydroxylation sites is 1. The van der Waals surface area contributed by atoms with Gasteiger partial charge in [0.2, 0.25) is 5.91 Å². The minimum absolute atomic E-state index is 0.0947. The quantitative estimate of drug-likeness (QED) is 0.800. The molecule has 128 valence electrons. The molecule has 0 unspecified atom stereocenters. The van der Waals surface area contributed by atoms with Crippen molar-refractivity contribution in [2.24, 2.45) is 5.10 Å². The summed E-state index contributed by atoms with van der Waals surface area (Å²) < 4.78 is 19.0. The molecule has 1 fully saturated rings. The summed E-state index contributed by atoms with van der Waals surface area (Å²) >= 11 is 0. The highest BCUT2D eigenvalue weighted by molar-refractivity contribution is 6.04. The molecule has 0 spiro atoms. The van der Waals surface area contributed by atoms with E-state index in [9.17, 15) is 14.0 Å². The number of benzene rings is 2. The van der Waals surface area contributed by atoms with E-state index in [1.807, 2.05) is 0 Å². The number of piperazine rings is 1. The second-order valence-corrected chi connectivity index (χ2v) is 5.40. The average molecular weight is 341 g/mol. The van der Waals surface area contributed by atoms with Crippen LogP contribution in [-0.4, -0.2) is 43.2 Å². The zero-order chi connectivity index (χ0) is 17.8. The Balaban J connectivity index is 1.74. The molecule has 0 atom stereocenters. The van der Waals surface area contributed by atoms with Crippen molar-refractivity contribution >= 4 is 23.7 Å². The highest BCUT2D eigenvalue weighted by Crippen LogP contribution is 2.21. The lowest BCUT2D eigenvalue weighted by atomic mass is 10.2. The fourth-order valence-corrected chi connectivity index (χ4v) is 2.46. The molecule has 0 bridgehead atoms. The molecular formula is C18H16FN3O3. The van der Waals surface area contributed by atoms with Gasteiger partial charge in [0.05, 0.1) is 19.0 Å². The Morgan fingerprint density at radius 3 is 2.64 bits per heavy atom. The highest BCUT2D eigenvalue weighted by atomic mass is 19.1. The largest absolute Gasteiger partial charge is 0.497 e. The Morgan fingerprint density at radius 2 is 1.88 bits per heavy atom. The number of amides is 2. The van der Waals surface area contributed by atoms with Crippen LogP contribution in [0.5, 0.6) is 5.75 Å². The number of ether oxygens (including phenoxy) is 1. The molecule has 2 aromatic carbocycles. The van der Waals surface area contributed by atoms with Gasteiger partial charge in [-0.15, -0.1) is 0 Å². The highest BCUT2D eigenvalue weighted by Gasteiger charge is 2.31. The van der Waals surface area contributed by atoms with Crippen LogP contribution in [0.25, 0.3) is 0 Å². The molecule has 1 saturated heterocycles. The smallest absolute Gasteiger partial charge is 0.263 e. The van der Waals surface area contributed by atoms with Gasteiger partial charge < -0.3 is 4.74 Å². The predicted octanol–water partition coefficient (Wildman–Crippen LogP) is 2.04. The topological polar surface area (TPSA) is 62.2 Å². The molecule has 0 N–H and O–H groups in total. The molecular weight excluding hydrogens is 325 g/mol. The minimum Gasteiger partial charge on any atom is -0.497 e. The third-order valence-corrected chi connectivity index (χ3v) is 3.75.